The van der Waals surface area contributed by atoms with Crippen molar-refractivity contribution in [3.8, 4) is 0 Å². The molecule has 0 aliphatic heterocycles. The highest BCUT2D eigenvalue weighted by molar-refractivity contribution is 9.10. The molecule has 2 atom stereocenters. The van der Waals surface area contributed by atoms with Crippen LogP contribution in [0.2, 0.25) is 0 Å². The van der Waals surface area contributed by atoms with Crippen molar-refractivity contribution < 1.29 is 4.21 Å². The van der Waals surface area contributed by atoms with Crippen LogP contribution < -0.4 is 5.73 Å². The molecule has 0 saturated heterocycles. The molecule has 2 nitrogen and oxygen atoms in total. The van der Waals surface area contributed by atoms with Crippen molar-refractivity contribution in [2.24, 2.45) is 11.7 Å². The van der Waals surface area contributed by atoms with Crippen LogP contribution in [-0.2, 0) is 10.8 Å². The van der Waals surface area contributed by atoms with Gasteiger partial charge in [-0.3, -0.25) is 4.21 Å². The van der Waals surface area contributed by atoms with Gasteiger partial charge in [0.05, 0.1) is 10.8 Å². The van der Waals surface area contributed by atoms with E-state index in [1.54, 1.807) is 0 Å². The maximum absolute atomic E-state index is 11.8. The minimum atomic E-state index is -0.922. The van der Waals surface area contributed by atoms with E-state index in [1.165, 1.54) is 0 Å². The van der Waals surface area contributed by atoms with Gasteiger partial charge in [-0.15, -0.1) is 0 Å². The van der Waals surface area contributed by atoms with Gasteiger partial charge in [0.1, 0.15) is 0 Å². The molecular formula is C10H14BrNOS. The minimum Gasteiger partial charge on any atom is -0.330 e. The summed E-state index contributed by atoms with van der Waals surface area (Å²) >= 11 is 3.34. The normalized spacial score (nSPS) is 15.1. The number of hydrogen-bond donors (Lipinski definition) is 1. The Hall–Kier alpha value is -0.190. The van der Waals surface area contributed by atoms with Gasteiger partial charge >= 0.3 is 0 Å². The summed E-state index contributed by atoms with van der Waals surface area (Å²) in [5.41, 5.74) is 5.48. The highest BCUT2D eigenvalue weighted by Gasteiger charge is 2.07. The largest absolute Gasteiger partial charge is 0.330 e. The molecule has 78 valence electrons. The Bertz CT molecular complexity index is 312. The molecule has 0 heterocycles. The first-order valence-electron chi connectivity index (χ1n) is 4.47. The van der Waals surface area contributed by atoms with Crippen LogP contribution >= 0.6 is 15.9 Å². The Morgan fingerprint density at radius 3 is 2.50 bits per heavy atom. The van der Waals surface area contributed by atoms with Crippen LogP contribution in [0.15, 0.2) is 33.6 Å². The number of rotatable bonds is 4. The molecule has 0 saturated carbocycles. The molecule has 0 radical (unpaired) electrons. The van der Waals surface area contributed by atoms with Gasteiger partial charge in [-0.05, 0) is 36.7 Å². The fraction of sp³-hybridized carbons (Fsp3) is 0.400. The van der Waals surface area contributed by atoms with Gasteiger partial charge in [-0.2, -0.15) is 0 Å². The number of nitrogens with two attached hydrogens (primary N) is 1. The summed E-state index contributed by atoms with van der Waals surface area (Å²) < 4.78 is 12.8. The van der Waals surface area contributed by atoms with Crippen molar-refractivity contribution in [1.82, 2.24) is 0 Å². The van der Waals surface area contributed by atoms with Gasteiger partial charge in [0.15, 0.2) is 0 Å². The fourth-order valence-electron chi connectivity index (χ4n) is 1.01. The summed E-state index contributed by atoms with van der Waals surface area (Å²) in [4.78, 5) is 0.869. The predicted molar refractivity (Wildman–Crippen MR) is 63.6 cm³/mol. The second-order valence-electron chi connectivity index (χ2n) is 3.31. The Balaban J connectivity index is 2.65. The molecule has 1 aromatic carbocycles. The predicted octanol–water partition coefficient (Wildman–Crippen LogP) is 2.15. The van der Waals surface area contributed by atoms with E-state index in [4.69, 9.17) is 5.73 Å². The van der Waals surface area contributed by atoms with Gasteiger partial charge in [0.25, 0.3) is 0 Å². The first-order chi connectivity index (χ1) is 6.63. The van der Waals surface area contributed by atoms with Gasteiger partial charge in [0, 0.05) is 15.1 Å². The molecule has 1 aromatic rings. The minimum absolute atomic E-state index is 0.305. The van der Waals surface area contributed by atoms with E-state index in [-0.39, 0.29) is 0 Å². The van der Waals surface area contributed by atoms with Crippen molar-refractivity contribution in [2.75, 3.05) is 12.3 Å². The van der Waals surface area contributed by atoms with Crippen molar-refractivity contribution >= 4 is 26.7 Å². The van der Waals surface area contributed by atoms with Crippen LogP contribution in [0, 0.1) is 5.92 Å². The lowest BCUT2D eigenvalue weighted by Gasteiger charge is -2.07. The average molecular weight is 276 g/mol. The monoisotopic (exact) mass is 275 g/mol. The fourth-order valence-corrected chi connectivity index (χ4v) is 2.56. The zero-order valence-electron chi connectivity index (χ0n) is 8.07. The van der Waals surface area contributed by atoms with Crippen LogP contribution in [0.1, 0.15) is 6.92 Å². The molecular weight excluding hydrogens is 262 g/mol. The van der Waals surface area contributed by atoms with E-state index < -0.39 is 10.8 Å². The van der Waals surface area contributed by atoms with E-state index >= 15 is 0 Å². The quantitative estimate of drug-likeness (QED) is 0.915. The van der Waals surface area contributed by atoms with Gasteiger partial charge in [0.2, 0.25) is 0 Å². The van der Waals surface area contributed by atoms with Gasteiger partial charge in [-0.1, -0.05) is 22.9 Å². The molecule has 2 unspecified atom stereocenters. The molecule has 14 heavy (non-hydrogen) atoms. The number of hydrogen-bond acceptors (Lipinski definition) is 2. The van der Waals surface area contributed by atoms with Crippen LogP contribution in [0.25, 0.3) is 0 Å². The van der Waals surface area contributed by atoms with E-state index in [9.17, 15) is 4.21 Å². The molecule has 0 fully saturated rings. The molecule has 0 aliphatic carbocycles. The Labute approximate surface area is 95.5 Å². The van der Waals surface area contributed by atoms with Crippen LogP contribution in [0.5, 0.6) is 0 Å². The summed E-state index contributed by atoms with van der Waals surface area (Å²) in [5, 5.41) is 0. The number of halogens is 1. The second kappa shape index (κ2) is 5.63. The van der Waals surface area contributed by atoms with E-state index in [0.717, 1.165) is 9.37 Å². The third-order valence-corrected chi connectivity index (χ3v) is 4.11. The van der Waals surface area contributed by atoms with Crippen molar-refractivity contribution in [1.29, 1.82) is 0 Å². The molecule has 0 amide bonds. The Morgan fingerprint density at radius 2 is 2.00 bits per heavy atom. The highest BCUT2D eigenvalue weighted by Crippen LogP contribution is 2.14. The van der Waals surface area contributed by atoms with E-state index in [2.05, 4.69) is 15.9 Å². The summed E-state index contributed by atoms with van der Waals surface area (Å²) in [5.74, 6) is 0.942. The lowest BCUT2D eigenvalue weighted by Crippen LogP contribution is -2.17. The summed E-state index contributed by atoms with van der Waals surface area (Å²) in [6, 6.07) is 7.56. The summed E-state index contributed by atoms with van der Waals surface area (Å²) in [6.07, 6.45) is 0. The maximum Gasteiger partial charge on any atom is 0.0532 e. The topological polar surface area (TPSA) is 43.1 Å². The second-order valence-corrected chi connectivity index (χ2v) is 5.72. The lowest BCUT2D eigenvalue weighted by atomic mass is 10.2. The zero-order valence-corrected chi connectivity index (χ0v) is 10.5. The Morgan fingerprint density at radius 1 is 1.43 bits per heavy atom. The Kier molecular flexibility index (Phi) is 4.78. The summed E-state index contributed by atoms with van der Waals surface area (Å²) in [6.45, 7) is 2.60. The molecule has 0 aromatic heterocycles. The van der Waals surface area contributed by atoms with Crippen molar-refractivity contribution in [3.05, 3.63) is 28.7 Å². The van der Waals surface area contributed by atoms with E-state index in [0.29, 0.717) is 18.2 Å². The SMILES string of the molecule is CC(CN)CS(=O)c1ccc(Br)cc1. The molecule has 2 N–H and O–H groups in total. The standard InChI is InChI=1S/C10H14BrNOS/c1-8(6-12)7-14(13)10-4-2-9(11)3-5-10/h2-5,8H,6-7,12H2,1H3. The van der Waals surface area contributed by atoms with Crippen LogP contribution in [-0.4, -0.2) is 16.5 Å². The first kappa shape index (κ1) is 11.9. The van der Waals surface area contributed by atoms with E-state index in [1.807, 2.05) is 31.2 Å². The molecule has 0 bridgehead atoms. The zero-order chi connectivity index (χ0) is 10.6. The van der Waals surface area contributed by atoms with Crippen molar-refractivity contribution in [2.45, 2.75) is 11.8 Å². The third kappa shape index (κ3) is 3.52. The van der Waals surface area contributed by atoms with Crippen LogP contribution in [0.4, 0.5) is 0 Å². The smallest absolute Gasteiger partial charge is 0.0532 e. The molecule has 4 heteroatoms. The first-order valence-corrected chi connectivity index (χ1v) is 6.58. The molecule has 0 spiro atoms. The third-order valence-electron chi connectivity index (χ3n) is 1.91. The highest BCUT2D eigenvalue weighted by atomic mass is 79.9. The summed E-state index contributed by atoms with van der Waals surface area (Å²) in [7, 11) is -0.922. The number of benzene rings is 1. The van der Waals surface area contributed by atoms with Gasteiger partial charge in [-0.25, -0.2) is 0 Å². The van der Waals surface area contributed by atoms with Gasteiger partial charge < -0.3 is 5.73 Å². The van der Waals surface area contributed by atoms with Crippen LogP contribution in [0.3, 0.4) is 0 Å². The lowest BCUT2D eigenvalue weighted by molar-refractivity contribution is 0.641. The maximum atomic E-state index is 11.8. The average Bonchev–Trinajstić information content (AvgIpc) is 2.18. The molecule has 1 rings (SSSR count). The molecule has 0 aliphatic rings. The van der Waals surface area contributed by atoms with Crippen molar-refractivity contribution in [3.63, 3.8) is 0 Å².